The van der Waals surface area contributed by atoms with Crippen LogP contribution in [0.1, 0.15) is 11.4 Å². The van der Waals surface area contributed by atoms with E-state index in [4.69, 9.17) is 0 Å². The third kappa shape index (κ3) is 5.63. The van der Waals surface area contributed by atoms with Crippen LogP contribution < -0.4 is 4.90 Å². The van der Waals surface area contributed by atoms with E-state index in [9.17, 15) is 14.9 Å². The first-order chi connectivity index (χ1) is 16.5. The highest BCUT2D eigenvalue weighted by molar-refractivity contribution is 7.99. The lowest BCUT2D eigenvalue weighted by atomic mass is 10.1. The summed E-state index contributed by atoms with van der Waals surface area (Å²) in [6.07, 6.45) is 2.47. The van der Waals surface area contributed by atoms with Gasteiger partial charge in [-0.15, -0.1) is 16.8 Å². The van der Waals surface area contributed by atoms with Crippen molar-refractivity contribution in [1.29, 1.82) is 0 Å². The van der Waals surface area contributed by atoms with Gasteiger partial charge in [0.2, 0.25) is 5.91 Å². The molecule has 1 aliphatic rings. The van der Waals surface area contributed by atoms with E-state index >= 15 is 0 Å². The molecule has 1 aliphatic heterocycles. The van der Waals surface area contributed by atoms with E-state index < -0.39 is 4.92 Å². The fourth-order valence-corrected chi connectivity index (χ4v) is 4.73. The maximum atomic E-state index is 12.8. The predicted octanol–water partition coefficient (Wildman–Crippen LogP) is 3.40. The molecule has 0 aliphatic carbocycles. The Balaban J connectivity index is 1.31. The second kappa shape index (κ2) is 11.0. The zero-order chi connectivity index (χ0) is 23.9. The number of rotatable bonds is 9. The van der Waals surface area contributed by atoms with Crippen molar-refractivity contribution in [2.24, 2.45) is 0 Å². The number of hydrogen-bond donors (Lipinski definition) is 0. The predicted molar refractivity (Wildman–Crippen MR) is 132 cm³/mol. The minimum Gasteiger partial charge on any atom is -0.368 e. The maximum absolute atomic E-state index is 12.8. The largest absolute Gasteiger partial charge is 0.368 e. The molecule has 1 saturated heterocycles. The molecule has 1 fully saturated rings. The number of piperazine rings is 1. The molecular weight excluding hydrogens is 452 g/mol. The molecule has 4 rings (SSSR count). The van der Waals surface area contributed by atoms with Gasteiger partial charge in [0.25, 0.3) is 5.69 Å². The Bertz CT molecular complexity index is 1140. The highest BCUT2D eigenvalue weighted by atomic mass is 32.2. The van der Waals surface area contributed by atoms with Gasteiger partial charge < -0.3 is 14.4 Å². The molecule has 0 atom stereocenters. The number of nitro benzene ring substituents is 1. The third-order valence-corrected chi connectivity index (χ3v) is 6.64. The SMILES string of the molecule is C=CCn1c(Cc2ccccc2)nnc1SCC(=O)N1CCN(c2ccc([N+](=O)[O-])cc2)CC1. The monoisotopic (exact) mass is 478 g/mol. The van der Waals surface area contributed by atoms with Crippen LogP contribution in [0.4, 0.5) is 11.4 Å². The van der Waals surface area contributed by atoms with Crippen LogP contribution in [0.2, 0.25) is 0 Å². The molecule has 176 valence electrons. The summed E-state index contributed by atoms with van der Waals surface area (Å²) in [6.45, 7) is 7.00. The molecule has 0 spiro atoms. The van der Waals surface area contributed by atoms with Gasteiger partial charge in [0.1, 0.15) is 5.82 Å². The fourth-order valence-electron chi connectivity index (χ4n) is 3.86. The average molecular weight is 479 g/mol. The molecule has 10 heteroatoms. The minimum atomic E-state index is -0.404. The number of aromatic nitrogens is 3. The molecule has 9 nitrogen and oxygen atoms in total. The van der Waals surface area contributed by atoms with Crippen LogP contribution in [-0.2, 0) is 17.8 Å². The van der Waals surface area contributed by atoms with Crippen LogP contribution in [-0.4, -0.2) is 62.4 Å². The van der Waals surface area contributed by atoms with Crippen molar-refractivity contribution < 1.29 is 9.72 Å². The smallest absolute Gasteiger partial charge is 0.269 e. The molecular formula is C24H26N6O3S. The number of allylic oxidation sites excluding steroid dienone is 1. The van der Waals surface area contributed by atoms with Crippen molar-refractivity contribution in [3.63, 3.8) is 0 Å². The zero-order valence-corrected chi connectivity index (χ0v) is 19.6. The molecule has 0 radical (unpaired) electrons. The first-order valence-corrected chi connectivity index (χ1v) is 12.0. The van der Waals surface area contributed by atoms with Gasteiger partial charge in [0, 0.05) is 57.0 Å². The maximum Gasteiger partial charge on any atom is 0.269 e. The number of carbonyl (C=O) groups excluding carboxylic acids is 1. The molecule has 0 N–H and O–H groups in total. The number of non-ortho nitro benzene ring substituents is 1. The highest BCUT2D eigenvalue weighted by Gasteiger charge is 2.23. The normalized spacial score (nSPS) is 13.6. The summed E-state index contributed by atoms with van der Waals surface area (Å²) in [7, 11) is 0. The second-order valence-corrected chi connectivity index (χ2v) is 8.83. The van der Waals surface area contributed by atoms with Crippen LogP contribution in [0.5, 0.6) is 0 Å². The van der Waals surface area contributed by atoms with E-state index in [1.165, 1.54) is 23.9 Å². The third-order valence-electron chi connectivity index (χ3n) is 5.69. The Kier molecular flexibility index (Phi) is 7.58. The molecule has 0 bridgehead atoms. The van der Waals surface area contributed by atoms with Crippen molar-refractivity contribution in [2.75, 3.05) is 36.8 Å². The second-order valence-electron chi connectivity index (χ2n) is 7.89. The van der Waals surface area contributed by atoms with E-state index in [1.54, 1.807) is 18.2 Å². The quantitative estimate of drug-likeness (QED) is 0.201. The summed E-state index contributed by atoms with van der Waals surface area (Å²) >= 11 is 1.39. The molecule has 2 aromatic carbocycles. The van der Waals surface area contributed by atoms with Gasteiger partial charge in [-0.05, 0) is 17.7 Å². The lowest BCUT2D eigenvalue weighted by Crippen LogP contribution is -2.49. The van der Waals surface area contributed by atoms with Crippen molar-refractivity contribution in [3.8, 4) is 0 Å². The molecule has 2 heterocycles. The van der Waals surface area contributed by atoms with Gasteiger partial charge in [0.05, 0.1) is 10.7 Å². The summed E-state index contributed by atoms with van der Waals surface area (Å²) in [5, 5.41) is 20.2. The van der Waals surface area contributed by atoms with Gasteiger partial charge in [-0.25, -0.2) is 0 Å². The van der Waals surface area contributed by atoms with Crippen molar-refractivity contribution in [3.05, 3.63) is 88.8 Å². The summed E-state index contributed by atoms with van der Waals surface area (Å²) in [6, 6.07) is 16.6. The number of carbonyl (C=O) groups is 1. The summed E-state index contributed by atoms with van der Waals surface area (Å²) < 4.78 is 2.00. The van der Waals surface area contributed by atoms with Crippen LogP contribution in [0, 0.1) is 10.1 Å². The lowest BCUT2D eigenvalue weighted by Gasteiger charge is -2.36. The number of benzene rings is 2. The summed E-state index contributed by atoms with van der Waals surface area (Å²) in [5.74, 6) is 1.20. The van der Waals surface area contributed by atoms with Gasteiger partial charge in [0.15, 0.2) is 5.16 Å². The van der Waals surface area contributed by atoms with Crippen LogP contribution in [0.25, 0.3) is 0 Å². The lowest BCUT2D eigenvalue weighted by molar-refractivity contribution is -0.384. The number of thioether (sulfide) groups is 1. The van der Waals surface area contributed by atoms with Crippen molar-refractivity contribution >= 4 is 29.0 Å². The van der Waals surface area contributed by atoms with Crippen LogP contribution in [0.15, 0.2) is 72.4 Å². The first kappa shape index (κ1) is 23.5. The van der Waals surface area contributed by atoms with E-state index in [0.717, 1.165) is 17.1 Å². The van der Waals surface area contributed by atoms with E-state index in [2.05, 4.69) is 33.8 Å². The zero-order valence-electron chi connectivity index (χ0n) is 18.7. The average Bonchev–Trinajstić information content (AvgIpc) is 3.24. The number of hydrogen-bond acceptors (Lipinski definition) is 7. The number of anilines is 1. The van der Waals surface area contributed by atoms with E-state index in [-0.39, 0.29) is 17.3 Å². The Morgan fingerprint density at radius 1 is 1.06 bits per heavy atom. The fraction of sp³-hybridized carbons (Fsp3) is 0.292. The minimum absolute atomic E-state index is 0.0612. The molecule has 1 amide bonds. The van der Waals surface area contributed by atoms with E-state index in [1.807, 2.05) is 27.7 Å². The van der Waals surface area contributed by atoms with E-state index in [0.29, 0.717) is 44.3 Å². The highest BCUT2D eigenvalue weighted by Crippen LogP contribution is 2.22. The molecule has 0 saturated carbocycles. The summed E-state index contributed by atoms with van der Waals surface area (Å²) in [5.41, 5.74) is 2.15. The topological polar surface area (TPSA) is 97.4 Å². The van der Waals surface area contributed by atoms with Crippen LogP contribution in [0.3, 0.4) is 0 Å². The van der Waals surface area contributed by atoms with Gasteiger partial charge in [-0.3, -0.25) is 14.9 Å². The van der Waals surface area contributed by atoms with Crippen LogP contribution >= 0.6 is 11.8 Å². The van der Waals surface area contributed by atoms with Crippen molar-refractivity contribution in [2.45, 2.75) is 18.1 Å². The summed E-state index contributed by atoms with van der Waals surface area (Å²) in [4.78, 5) is 27.3. The first-order valence-electron chi connectivity index (χ1n) is 11.0. The molecule has 34 heavy (non-hydrogen) atoms. The molecule has 3 aromatic rings. The Morgan fingerprint density at radius 2 is 1.76 bits per heavy atom. The molecule has 1 aromatic heterocycles. The number of nitrogens with zero attached hydrogens (tertiary/aromatic N) is 6. The standard InChI is InChI=1S/C24H26N6O3S/c1-2-12-29-22(17-19-6-4-3-5-7-19)25-26-24(29)34-18-23(31)28-15-13-27(14-16-28)20-8-10-21(11-9-20)30(32)33/h2-11H,1,12-18H2. The Labute approximate surface area is 202 Å². The van der Waals surface area contributed by atoms with Gasteiger partial charge >= 0.3 is 0 Å². The number of amides is 1. The Morgan fingerprint density at radius 3 is 2.41 bits per heavy atom. The number of nitro groups is 1. The Hall–Kier alpha value is -3.66. The van der Waals surface area contributed by atoms with Gasteiger partial charge in [-0.1, -0.05) is 48.2 Å². The van der Waals surface area contributed by atoms with Crippen molar-refractivity contribution in [1.82, 2.24) is 19.7 Å². The van der Waals surface area contributed by atoms with Gasteiger partial charge in [-0.2, -0.15) is 0 Å². The molecule has 0 unspecified atom stereocenters.